The molecule has 1 amide bonds. The highest BCUT2D eigenvalue weighted by atomic mass is 19.1. The van der Waals surface area contributed by atoms with Gasteiger partial charge in [0.15, 0.2) is 0 Å². The summed E-state index contributed by atoms with van der Waals surface area (Å²) in [6.07, 6.45) is 3.52. The number of benzene rings is 2. The van der Waals surface area contributed by atoms with Crippen molar-refractivity contribution in [1.82, 2.24) is 5.32 Å². The van der Waals surface area contributed by atoms with Gasteiger partial charge >= 0.3 is 0 Å². The van der Waals surface area contributed by atoms with E-state index in [1.54, 1.807) is 18.2 Å². The second-order valence-corrected chi connectivity index (χ2v) is 6.01. The van der Waals surface area contributed by atoms with Crippen molar-refractivity contribution in [3.8, 4) is 11.1 Å². The molecule has 1 saturated heterocycles. The van der Waals surface area contributed by atoms with Crippen LogP contribution in [0.25, 0.3) is 17.2 Å². The van der Waals surface area contributed by atoms with Crippen LogP contribution in [0.15, 0.2) is 42.0 Å². The minimum atomic E-state index is -0.350. The average Bonchev–Trinajstić information content (AvgIpc) is 2.80. The topological polar surface area (TPSA) is 29.1 Å². The maximum Gasteiger partial charge on any atom is 0.247 e. The van der Waals surface area contributed by atoms with Gasteiger partial charge in [-0.3, -0.25) is 4.79 Å². The van der Waals surface area contributed by atoms with Gasteiger partial charge in [0, 0.05) is 18.0 Å². The summed E-state index contributed by atoms with van der Waals surface area (Å²) in [5, 5.41) is 2.88. The van der Waals surface area contributed by atoms with Gasteiger partial charge in [-0.1, -0.05) is 12.1 Å². The Kier molecular flexibility index (Phi) is 3.26. The number of carbonyl (C=O) groups is 1. The number of fused-ring (bicyclic) bond motifs is 3. The molecule has 4 heteroatoms. The summed E-state index contributed by atoms with van der Waals surface area (Å²) in [7, 11) is 0. The molecule has 1 N–H and O–H groups in total. The highest BCUT2D eigenvalue weighted by Crippen LogP contribution is 2.45. The number of halogens is 2. The minimum Gasteiger partial charge on any atom is -0.352 e. The van der Waals surface area contributed by atoms with Crippen molar-refractivity contribution in [1.29, 1.82) is 0 Å². The first-order valence-corrected chi connectivity index (χ1v) is 7.72. The average molecular weight is 311 g/mol. The fraction of sp³-hybridized carbons (Fsp3) is 0.211. The van der Waals surface area contributed by atoms with Crippen molar-refractivity contribution in [2.45, 2.75) is 18.8 Å². The van der Waals surface area contributed by atoms with Crippen LogP contribution in [0.2, 0.25) is 0 Å². The van der Waals surface area contributed by atoms with Crippen LogP contribution in [0.1, 0.15) is 29.9 Å². The summed E-state index contributed by atoms with van der Waals surface area (Å²) in [5.74, 6) is -0.770. The Hall–Kier alpha value is -2.49. The Balaban J connectivity index is 1.90. The Morgan fingerprint density at radius 3 is 2.61 bits per heavy atom. The quantitative estimate of drug-likeness (QED) is 0.846. The van der Waals surface area contributed by atoms with Gasteiger partial charge in [0.05, 0.1) is 0 Å². The van der Waals surface area contributed by atoms with E-state index >= 15 is 0 Å². The predicted octanol–water partition coefficient (Wildman–Crippen LogP) is 4.02. The molecule has 2 aliphatic rings. The van der Waals surface area contributed by atoms with Crippen molar-refractivity contribution in [2.75, 3.05) is 6.54 Å². The van der Waals surface area contributed by atoms with Gasteiger partial charge in [0.1, 0.15) is 11.6 Å². The zero-order chi connectivity index (χ0) is 16.0. The number of hydrogen-bond acceptors (Lipinski definition) is 1. The van der Waals surface area contributed by atoms with Gasteiger partial charge in [0.25, 0.3) is 0 Å². The first kappa shape index (κ1) is 14.1. The zero-order valence-electron chi connectivity index (χ0n) is 12.4. The maximum absolute atomic E-state index is 14.0. The summed E-state index contributed by atoms with van der Waals surface area (Å²) in [6.45, 7) is 0.662. The molecule has 1 atom stereocenters. The molecule has 2 aromatic carbocycles. The standard InChI is InChI=1S/C19H15F2NO/c20-13-5-3-11(4-6-13)16-10-14(21)8-12-9-17-15(18(12)16)2-1-7-22-19(17)23/h3-6,8-10,15H,1-2,7H2,(H,22,23). The van der Waals surface area contributed by atoms with Crippen molar-refractivity contribution < 1.29 is 13.6 Å². The number of rotatable bonds is 1. The van der Waals surface area contributed by atoms with Crippen LogP contribution >= 0.6 is 0 Å². The molecule has 23 heavy (non-hydrogen) atoms. The number of carbonyl (C=O) groups excluding carboxylic acids is 1. The SMILES string of the molecule is O=C1NCCCC2C1=Cc1cc(F)cc(-c3ccc(F)cc3)c12. The molecule has 1 aliphatic carbocycles. The van der Waals surface area contributed by atoms with E-state index in [2.05, 4.69) is 5.32 Å². The minimum absolute atomic E-state index is 0.0202. The van der Waals surface area contributed by atoms with Gasteiger partial charge in [-0.05, 0) is 65.4 Å². The van der Waals surface area contributed by atoms with Crippen LogP contribution in [-0.2, 0) is 4.79 Å². The van der Waals surface area contributed by atoms with E-state index in [4.69, 9.17) is 0 Å². The fourth-order valence-corrected chi connectivity index (χ4v) is 3.57. The summed E-state index contributed by atoms with van der Waals surface area (Å²) in [5.41, 5.74) is 3.94. The molecule has 2 nitrogen and oxygen atoms in total. The van der Waals surface area contributed by atoms with Crippen LogP contribution < -0.4 is 5.32 Å². The summed E-state index contributed by atoms with van der Waals surface area (Å²) in [6, 6.07) is 8.99. The Labute approximate surface area is 132 Å². The van der Waals surface area contributed by atoms with Gasteiger partial charge in [-0.15, -0.1) is 0 Å². The molecule has 0 saturated carbocycles. The van der Waals surface area contributed by atoms with Crippen molar-refractivity contribution in [2.24, 2.45) is 0 Å². The summed E-state index contributed by atoms with van der Waals surface area (Å²) < 4.78 is 27.2. The van der Waals surface area contributed by atoms with E-state index in [-0.39, 0.29) is 23.5 Å². The van der Waals surface area contributed by atoms with E-state index in [1.165, 1.54) is 24.3 Å². The van der Waals surface area contributed by atoms with Crippen molar-refractivity contribution >= 4 is 12.0 Å². The van der Waals surface area contributed by atoms with Crippen molar-refractivity contribution in [3.63, 3.8) is 0 Å². The molecule has 0 aromatic heterocycles. The molecule has 4 rings (SSSR count). The molecule has 1 aliphatic heterocycles. The number of amides is 1. The van der Waals surface area contributed by atoms with Crippen LogP contribution in [-0.4, -0.2) is 12.5 Å². The van der Waals surface area contributed by atoms with E-state index in [1.807, 2.05) is 0 Å². The van der Waals surface area contributed by atoms with E-state index in [9.17, 15) is 13.6 Å². The normalized spacial score (nSPS) is 19.5. The fourth-order valence-electron chi connectivity index (χ4n) is 3.57. The van der Waals surface area contributed by atoms with E-state index < -0.39 is 0 Å². The van der Waals surface area contributed by atoms with Crippen LogP contribution in [0.4, 0.5) is 8.78 Å². The lowest BCUT2D eigenvalue weighted by molar-refractivity contribution is -0.117. The Morgan fingerprint density at radius 1 is 1.04 bits per heavy atom. The Morgan fingerprint density at radius 2 is 1.83 bits per heavy atom. The molecule has 1 heterocycles. The first-order chi connectivity index (χ1) is 11.1. The summed E-state index contributed by atoms with van der Waals surface area (Å²) in [4.78, 5) is 12.2. The second-order valence-electron chi connectivity index (χ2n) is 6.01. The van der Waals surface area contributed by atoms with Gasteiger partial charge in [0.2, 0.25) is 5.91 Å². The molecule has 1 unspecified atom stereocenters. The monoisotopic (exact) mass is 311 g/mol. The molecule has 0 spiro atoms. The number of nitrogens with one attached hydrogen (secondary N) is 1. The lowest BCUT2D eigenvalue weighted by Gasteiger charge is -2.17. The van der Waals surface area contributed by atoms with E-state index in [0.29, 0.717) is 12.1 Å². The van der Waals surface area contributed by atoms with E-state index in [0.717, 1.165) is 35.1 Å². The second kappa shape index (κ2) is 5.30. The van der Waals surface area contributed by atoms with Crippen molar-refractivity contribution in [3.05, 3.63) is 64.7 Å². The van der Waals surface area contributed by atoms with Crippen LogP contribution in [0.5, 0.6) is 0 Å². The zero-order valence-corrected chi connectivity index (χ0v) is 12.4. The predicted molar refractivity (Wildman–Crippen MR) is 84.8 cm³/mol. The molecule has 0 bridgehead atoms. The van der Waals surface area contributed by atoms with Crippen LogP contribution in [0, 0.1) is 11.6 Å². The molecule has 116 valence electrons. The van der Waals surface area contributed by atoms with Crippen LogP contribution in [0.3, 0.4) is 0 Å². The third kappa shape index (κ3) is 2.34. The van der Waals surface area contributed by atoms with Gasteiger partial charge in [-0.2, -0.15) is 0 Å². The third-order valence-corrected chi connectivity index (χ3v) is 4.58. The lowest BCUT2D eigenvalue weighted by atomic mass is 9.86. The molecular formula is C19H15F2NO. The maximum atomic E-state index is 14.0. The first-order valence-electron chi connectivity index (χ1n) is 7.72. The number of hydrogen-bond donors (Lipinski definition) is 1. The highest BCUT2D eigenvalue weighted by Gasteiger charge is 2.33. The van der Waals surface area contributed by atoms with Gasteiger partial charge < -0.3 is 5.32 Å². The summed E-state index contributed by atoms with van der Waals surface area (Å²) >= 11 is 0. The lowest BCUT2D eigenvalue weighted by Crippen LogP contribution is -2.23. The third-order valence-electron chi connectivity index (χ3n) is 4.58. The highest BCUT2D eigenvalue weighted by molar-refractivity contribution is 6.03. The molecule has 2 aromatic rings. The molecule has 1 fully saturated rings. The molecular weight excluding hydrogens is 296 g/mol. The van der Waals surface area contributed by atoms with Gasteiger partial charge in [-0.25, -0.2) is 8.78 Å². The Bertz CT molecular complexity index is 824. The molecule has 0 radical (unpaired) electrons. The smallest absolute Gasteiger partial charge is 0.247 e. The largest absolute Gasteiger partial charge is 0.352 e.